The van der Waals surface area contributed by atoms with E-state index in [-0.39, 0.29) is 128 Å². The van der Waals surface area contributed by atoms with Crippen LogP contribution in [0.15, 0.2) is 4.99 Å². The predicted octanol–water partition coefficient (Wildman–Crippen LogP) is -8.93. The van der Waals surface area contributed by atoms with Crippen LogP contribution in [0.2, 0.25) is 0 Å². The quantitative estimate of drug-likeness (QED) is 0.0153. The minimum Gasteiger partial charge on any atom is -0.481 e. The average Bonchev–Trinajstić information content (AvgIpc) is 1.62. The first-order valence-corrected chi connectivity index (χ1v) is 35.6. The second kappa shape index (κ2) is 43.4. The molecule has 14 amide bonds. The fourth-order valence-electron chi connectivity index (χ4n) is 12.9. The lowest BCUT2D eigenvalue weighted by Crippen LogP contribution is -2.61. The van der Waals surface area contributed by atoms with Gasteiger partial charge in [0.25, 0.3) is 0 Å². The lowest BCUT2D eigenvalue weighted by atomic mass is 10.0. The third kappa shape index (κ3) is 27.4. The Kier molecular flexibility index (Phi) is 36.1. The molecular weight excluding hydrogens is 1430 g/mol. The first kappa shape index (κ1) is 90.0. The average molecular weight is 1540 g/mol. The maximum absolute atomic E-state index is 14.6. The number of aliphatic carboxylic acids is 4. The Balaban J connectivity index is 1.47. The number of primary amides is 1. The van der Waals surface area contributed by atoms with Gasteiger partial charge in [0, 0.05) is 58.4 Å². The number of carbonyl (C=O) groups excluding carboxylic acids is 14. The zero-order valence-corrected chi connectivity index (χ0v) is 60.6. The molecule has 0 radical (unpaired) electrons. The Morgan fingerprint density at radius 2 is 0.796 bits per heavy atom. The van der Waals surface area contributed by atoms with Crippen molar-refractivity contribution in [2.75, 3.05) is 45.9 Å². The highest BCUT2D eigenvalue weighted by molar-refractivity contribution is 6.01. The Hall–Kier alpha value is -10.4. The molecule has 4 heterocycles. The van der Waals surface area contributed by atoms with E-state index in [1.165, 1.54) is 6.92 Å². The highest BCUT2D eigenvalue weighted by atomic mass is 16.4. The van der Waals surface area contributed by atoms with Crippen molar-refractivity contribution in [1.82, 2.24) is 67.5 Å². The molecule has 43 heteroatoms. The molecule has 15 atom stereocenters. The van der Waals surface area contributed by atoms with Crippen LogP contribution in [0.5, 0.6) is 0 Å². The van der Waals surface area contributed by atoms with E-state index in [1.54, 1.807) is 13.8 Å². The van der Waals surface area contributed by atoms with Crippen molar-refractivity contribution >= 4 is 113 Å². The first-order chi connectivity index (χ1) is 50.8. The predicted molar refractivity (Wildman–Crippen MR) is 372 cm³/mol. The van der Waals surface area contributed by atoms with Crippen LogP contribution in [0, 0.1) is 5.92 Å². The van der Waals surface area contributed by atoms with Crippen LogP contribution in [0.25, 0.3) is 0 Å². The fraction of sp³-hybridized carbons (Fsp3) is 0.708. The minimum atomic E-state index is -1.87. The summed E-state index contributed by atoms with van der Waals surface area (Å²) in [5.74, 6) is -19.7. The number of rotatable bonds is 44. The number of hydrogen-bond acceptors (Lipinski definition) is 23. The molecule has 0 aromatic carbocycles. The Labute approximate surface area is 620 Å². The molecule has 0 aromatic heterocycles. The van der Waals surface area contributed by atoms with E-state index in [4.69, 9.17) is 22.9 Å². The number of amides is 14. The number of carboxylic acids is 4. The lowest BCUT2D eigenvalue weighted by Gasteiger charge is -2.33. The van der Waals surface area contributed by atoms with Gasteiger partial charge in [-0.15, -0.1) is 0 Å². The van der Waals surface area contributed by atoms with Gasteiger partial charge in [0.2, 0.25) is 82.7 Å². The van der Waals surface area contributed by atoms with Gasteiger partial charge in [-0.05, 0) is 116 Å². The highest BCUT2D eigenvalue weighted by Gasteiger charge is 2.47. The number of nitrogens with zero attached hydrogens (tertiary/aromatic N) is 5. The number of hydrogen-bond donors (Lipinski definition) is 20. The summed E-state index contributed by atoms with van der Waals surface area (Å²) in [5, 5.41) is 89.8. The second-order valence-electron chi connectivity index (χ2n) is 27.3. The molecule has 4 aliphatic heterocycles. The largest absolute Gasteiger partial charge is 0.481 e. The summed E-state index contributed by atoms with van der Waals surface area (Å²) < 4.78 is 0. The van der Waals surface area contributed by atoms with E-state index < -0.39 is 249 Å². The molecule has 0 aromatic rings. The van der Waals surface area contributed by atoms with E-state index in [1.807, 2.05) is 5.32 Å². The molecular formula is C65H104N18O25. The van der Waals surface area contributed by atoms with Crippen molar-refractivity contribution in [2.45, 2.75) is 240 Å². The summed E-state index contributed by atoms with van der Waals surface area (Å²) in [6.07, 6.45) is -5.39. The second-order valence-corrected chi connectivity index (χ2v) is 27.3. The van der Waals surface area contributed by atoms with Gasteiger partial charge in [0.15, 0.2) is 5.96 Å². The number of aliphatic imine (C=N–C) groups is 1. The van der Waals surface area contributed by atoms with Gasteiger partial charge < -0.3 is 126 Å². The molecule has 4 rings (SSSR count). The molecule has 0 aliphatic carbocycles. The zero-order chi connectivity index (χ0) is 81.0. The van der Waals surface area contributed by atoms with Gasteiger partial charge >= 0.3 is 23.9 Å². The van der Waals surface area contributed by atoms with Crippen molar-refractivity contribution in [3.05, 3.63) is 0 Å². The van der Waals surface area contributed by atoms with Gasteiger partial charge in [-0.3, -0.25) is 86.5 Å². The van der Waals surface area contributed by atoms with Gasteiger partial charge in [0.05, 0.1) is 25.4 Å². The number of aliphatic hydroxyl groups is 3. The number of nitrogens with one attached hydrogen (secondary N) is 9. The van der Waals surface area contributed by atoms with Crippen molar-refractivity contribution < 1.29 is 122 Å². The fourth-order valence-corrected chi connectivity index (χ4v) is 12.9. The van der Waals surface area contributed by atoms with Crippen LogP contribution >= 0.6 is 0 Å². The van der Waals surface area contributed by atoms with Crippen LogP contribution in [-0.4, -0.2) is 305 Å². The maximum Gasteiger partial charge on any atom is 0.328 e. The van der Waals surface area contributed by atoms with E-state index >= 15 is 0 Å². The third-order valence-electron chi connectivity index (χ3n) is 18.5. The smallest absolute Gasteiger partial charge is 0.328 e. The standard InChI is InChI=1S/C65H104N18O25/c1-31(2)28-34(66)51(94)72-35(15-19-46(67)87)53(96)77-40(29-84)55(98)75-38(10-5-23-70-65(68)69)61(104)80-24-6-11-42(80)57(100)76-39(18-22-49(92)93)62(105)81-25-7-13-44(81)58(101)79-50(33(4)86)59(102)71-32(3)60(103)83-27-9-14-45(83)63(106)82-26-8-12-43(82)56(99)74-37(17-21-48(90)91)52(95)73-36(16-20-47(88)89)54(97)78-41(30-85)64(107)108/h31-45,50,84-86H,5-30,66H2,1-4H3,(H2,67,87)(H,71,102)(H,72,94)(H,73,95)(H,74,99)(H,75,98)(H,76,100)(H,77,96)(H,78,97)(H,79,101)(H,88,89)(H,90,91)(H,92,93)(H,107,108)(H4,68,69,70)/t32-,33+,34-,35-,36-,37-,38-,39-,40-,41-,42-,43-,44-,45-,50-/m0/s1. The number of guanidine groups is 1. The molecule has 4 aliphatic rings. The monoisotopic (exact) mass is 1540 g/mol. The Bertz CT molecular complexity index is 3320. The molecule has 0 unspecified atom stereocenters. The minimum absolute atomic E-state index is 0.0100. The van der Waals surface area contributed by atoms with Crippen molar-refractivity contribution in [2.24, 2.45) is 33.8 Å². The Morgan fingerprint density at radius 3 is 1.24 bits per heavy atom. The number of carbonyl (C=O) groups is 18. The van der Waals surface area contributed by atoms with Gasteiger partial charge in [0.1, 0.15) is 78.5 Å². The van der Waals surface area contributed by atoms with Crippen LogP contribution in [0.1, 0.15) is 150 Å². The molecule has 0 spiro atoms. The van der Waals surface area contributed by atoms with Crippen molar-refractivity contribution in [3.8, 4) is 0 Å². The molecule has 0 saturated carbocycles. The summed E-state index contributed by atoms with van der Waals surface area (Å²) in [4.78, 5) is 248. The van der Waals surface area contributed by atoms with Gasteiger partial charge in [-0.1, -0.05) is 13.8 Å². The molecule has 4 saturated heterocycles. The SMILES string of the molecule is CC(C)C[C@H](N)C(=O)N[C@@H](CCC(N)=O)C(=O)N[C@@H](CO)C(=O)N[C@@H](CCCN=C(N)N)C(=O)N1CCC[C@H]1C(=O)N[C@@H](CCC(=O)O)C(=O)N1CCC[C@H]1C(=O)N[C@H](C(=O)N[C@@H](C)C(=O)N1CCC[C@H]1C(=O)N1CCC[C@H]1C(=O)N[C@@H](CCC(=O)O)C(=O)N[C@@H](CCC(=O)O)C(=O)N[C@@H](CO)C(=O)O)[C@@H](C)O. The van der Waals surface area contributed by atoms with Crippen LogP contribution < -0.4 is 70.8 Å². The summed E-state index contributed by atoms with van der Waals surface area (Å²) in [6, 6.07) is -21.4. The van der Waals surface area contributed by atoms with E-state index in [0.29, 0.717) is 0 Å². The third-order valence-corrected chi connectivity index (χ3v) is 18.5. The van der Waals surface area contributed by atoms with Crippen molar-refractivity contribution in [3.63, 3.8) is 0 Å². The summed E-state index contributed by atoms with van der Waals surface area (Å²) in [5.41, 5.74) is 22.3. The Morgan fingerprint density at radius 1 is 0.426 bits per heavy atom. The molecule has 108 heavy (non-hydrogen) atoms. The summed E-state index contributed by atoms with van der Waals surface area (Å²) in [7, 11) is 0. The topological polar surface area (TPSA) is 687 Å². The number of likely N-dealkylation sites (tertiary alicyclic amines) is 4. The lowest BCUT2D eigenvalue weighted by molar-refractivity contribution is -0.148. The van der Waals surface area contributed by atoms with Gasteiger partial charge in [-0.25, -0.2) is 4.79 Å². The molecule has 4 fully saturated rings. The molecule has 0 bridgehead atoms. The number of nitrogens with two attached hydrogens (primary N) is 4. The summed E-state index contributed by atoms with van der Waals surface area (Å²) in [6.45, 7) is 3.50. The molecule has 43 nitrogen and oxygen atoms in total. The van der Waals surface area contributed by atoms with E-state index in [2.05, 4.69) is 47.5 Å². The molecule has 24 N–H and O–H groups in total. The maximum atomic E-state index is 14.6. The number of carboxylic acid groups (broad SMARTS) is 4. The van der Waals surface area contributed by atoms with E-state index in [0.717, 1.165) is 26.5 Å². The normalized spacial score (nSPS) is 19.9. The first-order valence-electron chi connectivity index (χ1n) is 35.6. The van der Waals surface area contributed by atoms with Crippen molar-refractivity contribution in [1.29, 1.82) is 0 Å². The zero-order valence-electron chi connectivity index (χ0n) is 60.6. The molecule has 604 valence electrons. The van der Waals surface area contributed by atoms with Crippen LogP contribution in [0.4, 0.5) is 0 Å². The summed E-state index contributed by atoms with van der Waals surface area (Å²) >= 11 is 0. The van der Waals surface area contributed by atoms with Crippen LogP contribution in [-0.2, 0) is 86.3 Å². The van der Waals surface area contributed by atoms with Crippen LogP contribution in [0.3, 0.4) is 0 Å². The van der Waals surface area contributed by atoms with E-state index in [9.17, 15) is 122 Å². The highest BCUT2D eigenvalue weighted by Crippen LogP contribution is 2.28. The number of aliphatic hydroxyl groups excluding tert-OH is 3. The van der Waals surface area contributed by atoms with Gasteiger partial charge in [-0.2, -0.15) is 0 Å².